The highest BCUT2D eigenvalue weighted by atomic mass is 19.1. The number of nitrogens with one attached hydrogen (secondary N) is 1. The Bertz CT molecular complexity index is 724. The van der Waals surface area contributed by atoms with Gasteiger partial charge in [-0.3, -0.25) is 10.1 Å². The summed E-state index contributed by atoms with van der Waals surface area (Å²) < 4.78 is 15.2. The van der Waals surface area contributed by atoms with Crippen molar-refractivity contribution in [1.82, 2.24) is 14.8 Å². The van der Waals surface area contributed by atoms with E-state index < -0.39 is 17.7 Å². The number of aliphatic carboxylic acids is 1. The quantitative estimate of drug-likeness (QED) is 0.827. The number of carboxylic acid groups (broad SMARTS) is 1. The van der Waals surface area contributed by atoms with E-state index in [1.54, 1.807) is 7.05 Å². The average molecular weight is 290 g/mol. The Hall–Kier alpha value is -3.03. The maximum atomic E-state index is 13.9. The number of carboxylic acids is 1. The van der Waals surface area contributed by atoms with E-state index in [0.717, 1.165) is 12.1 Å². The van der Waals surface area contributed by atoms with Crippen molar-refractivity contribution < 1.29 is 19.1 Å². The van der Waals surface area contributed by atoms with Gasteiger partial charge in [-0.15, -0.1) is 0 Å². The van der Waals surface area contributed by atoms with Crippen LogP contribution >= 0.6 is 0 Å². The topological polar surface area (TPSA) is 97.1 Å². The Balaban J connectivity index is 2.19. The van der Waals surface area contributed by atoms with Crippen molar-refractivity contribution >= 4 is 23.9 Å². The molecule has 0 spiro atoms. The first-order valence-corrected chi connectivity index (χ1v) is 5.83. The van der Waals surface area contributed by atoms with Crippen LogP contribution in [0.2, 0.25) is 0 Å². The lowest BCUT2D eigenvalue weighted by molar-refractivity contribution is -0.131. The van der Waals surface area contributed by atoms with Crippen LogP contribution in [-0.4, -0.2) is 31.7 Å². The van der Waals surface area contributed by atoms with Gasteiger partial charge in [-0.25, -0.2) is 13.9 Å². The van der Waals surface area contributed by atoms with Gasteiger partial charge in [0, 0.05) is 13.1 Å². The Labute approximate surface area is 118 Å². The molecule has 1 heterocycles. The summed E-state index contributed by atoms with van der Waals surface area (Å²) in [6, 6.07) is 3.78. The number of amides is 1. The van der Waals surface area contributed by atoms with Crippen molar-refractivity contribution in [3.63, 3.8) is 0 Å². The predicted molar refractivity (Wildman–Crippen MR) is 72.0 cm³/mol. The van der Waals surface area contributed by atoms with E-state index >= 15 is 0 Å². The van der Waals surface area contributed by atoms with Crippen LogP contribution in [0.15, 0.2) is 30.6 Å². The first kappa shape index (κ1) is 14.4. The second-order valence-corrected chi connectivity index (χ2v) is 4.07. The van der Waals surface area contributed by atoms with Gasteiger partial charge in [-0.05, 0) is 23.8 Å². The van der Waals surface area contributed by atoms with Gasteiger partial charge in [-0.2, -0.15) is 10.1 Å². The summed E-state index contributed by atoms with van der Waals surface area (Å²) in [6.07, 6.45) is 3.37. The maximum absolute atomic E-state index is 13.9. The molecule has 1 aromatic carbocycles. The van der Waals surface area contributed by atoms with E-state index in [0.29, 0.717) is 5.56 Å². The second-order valence-electron chi connectivity index (χ2n) is 4.07. The fraction of sp³-hybridized carbons (Fsp3) is 0.0769. The van der Waals surface area contributed by atoms with Gasteiger partial charge in [0.05, 0.1) is 5.56 Å². The van der Waals surface area contributed by atoms with Crippen LogP contribution in [-0.2, 0) is 11.8 Å². The van der Waals surface area contributed by atoms with Crippen LogP contribution in [0.1, 0.15) is 15.9 Å². The van der Waals surface area contributed by atoms with E-state index in [1.807, 2.05) is 0 Å². The molecule has 0 saturated heterocycles. The molecule has 0 aliphatic heterocycles. The fourth-order valence-corrected chi connectivity index (χ4v) is 1.56. The van der Waals surface area contributed by atoms with Crippen LogP contribution in [0.5, 0.6) is 0 Å². The molecule has 0 aliphatic carbocycles. The van der Waals surface area contributed by atoms with Crippen molar-refractivity contribution in [3.8, 4) is 0 Å². The molecule has 2 rings (SSSR count). The Morgan fingerprint density at radius 1 is 1.43 bits per heavy atom. The number of aryl methyl sites for hydroxylation is 1. The molecule has 0 unspecified atom stereocenters. The predicted octanol–water partition coefficient (Wildman–Crippen LogP) is 1.30. The third kappa shape index (κ3) is 3.50. The standard InChI is InChI=1S/C13H11FN4O3/c1-18-13(15-7-16-18)17-12(21)9-4-2-8(6-10(9)14)3-5-11(19)20/h2-7H,1H3,(H,19,20)(H,15,16,17,21)/b5-3+. The lowest BCUT2D eigenvalue weighted by Crippen LogP contribution is -2.16. The zero-order chi connectivity index (χ0) is 15.4. The number of hydrogen-bond acceptors (Lipinski definition) is 4. The number of benzene rings is 1. The number of nitrogens with zero attached hydrogens (tertiary/aromatic N) is 3. The molecule has 21 heavy (non-hydrogen) atoms. The number of halogens is 1. The molecular formula is C13H11FN4O3. The summed E-state index contributed by atoms with van der Waals surface area (Å²) in [6.45, 7) is 0. The number of rotatable bonds is 4. The molecule has 0 fully saturated rings. The molecule has 0 bridgehead atoms. The van der Waals surface area contributed by atoms with Crippen molar-refractivity contribution in [2.75, 3.05) is 5.32 Å². The summed E-state index contributed by atoms with van der Waals surface area (Å²) in [7, 11) is 1.58. The molecule has 2 N–H and O–H groups in total. The molecule has 108 valence electrons. The maximum Gasteiger partial charge on any atom is 0.328 e. The minimum atomic E-state index is -1.14. The van der Waals surface area contributed by atoms with Crippen molar-refractivity contribution in [1.29, 1.82) is 0 Å². The average Bonchev–Trinajstić information content (AvgIpc) is 2.82. The molecule has 7 nitrogen and oxygen atoms in total. The highest BCUT2D eigenvalue weighted by molar-refractivity contribution is 6.03. The van der Waals surface area contributed by atoms with Gasteiger partial charge in [0.15, 0.2) is 0 Å². The molecule has 1 amide bonds. The smallest absolute Gasteiger partial charge is 0.328 e. The highest BCUT2D eigenvalue weighted by Crippen LogP contribution is 2.13. The Morgan fingerprint density at radius 3 is 2.76 bits per heavy atom. The monoisotopic (exact) mass is 290 g/mol. The van der Waals surface area contributed by atoms with Gasteiger partial charge in [0.2, 0.25) is 5.95 Å². The van der Waals surface area contributed by atoms with Crippen molar-refractivity contribution in [2.45, 2.75) is 0 Å². The lowest BCUT2D eigenvalue weighted by atomic mass is 10.1. The van der Waals surface area contributed by atoms with Gasteiger partial charge < -0.3 is 5.11 Å². The van der Waals surface area contributed by atoms with Crippen molar-refractivity contribution in [3.05, 3.63) is 47.5 Å². The molecule has 2 aromatic rings. The largest absolute Gasteiger partial charge is 0.478 e. The number of carbonyl (C=O) groups is 2. The van der Waals surface area contributed by atoms with Gasteiger partial charge in [0.1, 0.15) is 12.1 Å². The van der Waals surface area contributed by atoms with Gasteiger partial charge in [-0.1, -0.05) is 6.07 Å². The summed E-state index contributed by atoms with van der Waals surface area (Å²) in [4.78, 5) is 26.1. The molecule has 1 aromatic heterocycles. The summed E-state index contributed by atoms with van der Waals surface area (Å²) in [5.41, 5.74) is 0.163. The normalized spacial score (nSPS) is 10.8. The third-order valence-corrected chi connectivity index (χ3v) is 2.59. The van der Waals surface area contributed by atoms with Crippen LogP contribution in [0.4, 0.5) is 10.3 Å². The molecular weight excluding hydrogens is 279 g/mol. The van der Waals surface area contributed by atoms with Gasteiger partial charge >= 0.3 is 5.97 Å². The van der Waals surface area contributed by atoms with Crippen LogP contribution in [0, 0.1) is 5.82 Å². The minimum Gasteiger partial charge on any atom is -0.478 e. The zero-order valence-electron chi connectivity index (χ0n) is 10.9. The first-order valence-electron chi connectivity index (χ1n) is 5.83. The van der Waals surface area contributed by atoms with Gasteiger partial charge in [0.25, 0.3) is 5.91 Å². The zero-order valence-corrected chi connectivity index (χ0v) is 10.9. The summed E-state index contributed by atoms with van der Waals surface area (Å²) in [5.74, 6) is -2.38. The summed E-state index contributed by atoms with van der Waals surface area (Å²) >= 11 is 0. The molecule has 0 atom stereocenters. The Kier molecular flexibility index (Phi) is 4.07. The van der Waals surface area contributed by atoms with E-state index in [-0.39, 0.29) is 11.5 Å². The molecule has 0 radical (unpaired) electrons. The van der Waals surface area contributed by atoms with Crippen LogP contribution < -0.4 is 5.32 Å². The van der Waals surface area contributed by atoms with E-state index in [4.69, 9.17) is 5.11 Å². The fourth-order valence-electron chi connectivity index (χ4n) is 1.56. The summed E-state index contributed by atoms with van der Waals surface area (Å²) in [5, 5.41) is 14.7. The molecule has 0 aliphatic rings. The number of carbonyl (C=O) groups excluding carboxylic acids is 1. The van der Waals surface area contributed by atoms with Crippen molar-refractivity contribution in [2.24, 2.45) is 7.05 Å². The van der Waals surface area contributed by atoms with Crippen LogP contribution in [0.25, 0.3) is 6.08 Å². The first-order chi connectivity index (χ1) is 9.97. The van der Waals surface area contributed by atoms with E-state index in [9.17, 15) is 14.0 Å². The van der Waals surface area contributed by atoms with E-state index in [1.165, 1.54) is 29.2 Å². The number of aromatic nitrogens is 3. The minimum absolute atomic E-state index is 0.175. The highest BCUT2D eigenvalue weighted by Gasteiger charge is 2.14. The molecule has 8 heteroatoms. The third-order valence-electron chi connectivity index (χ3n) is 2.59. The lowest BCUT2D eigenvalue weighted by Gasteiger charge is -2.05. The molecule has 0 saturated carbocycles. The van der Waals surface area contributed by atoms with Crippen LogP contribution in [0.3, 0.4) is 0 Å². The number of hydrogen-bond donors (Lipinski definition) is 2. The SMILES string of the molecule is Cn1ncnc1NC(=O)c1ccc(/C=C/C(=O)O)cc1F. The van der Waals surface area contributed by atoms with E-state index in [2.05, 4.69) is 15.4 Å². The number of anilines is 1. The Morgan fingerprint density at radius 2 is 2.19 bits per heavy atom. The second kappa shape index (κ2) is 5.95.